The Morgan fingerprint density at radius 2 is 1.88 bits per heavy atom. The monoisotopic (exact) mass is 448 g/mol. The zero-order valence-corrected chi connectivity index (χ0v) is 18.0. The Hall–Kier alpha value is -3.98. The fourth-order valence-electron chi connectivity index (χ4n) is 3.06. The van der Waals surface area contributed by atoms with Crippen molar-refractivity contribution >= 4 is 28.9 Å². The van der Waals surface area contributed by atoms with Crippen LogP contribution in [-0.4, -0.2) is 34.2 Å². The van der Waals surface area contributed by atoms with E-state index in [-0.39, 0.29) is 18.9 Å². The second-order valence-corrected chi connectivity index (χ2v) is 7.70. The van der Waals surface area contributed by atoms with Gasteiger partial charge in [0, 0.05) is 10.9 Å². The van der Waals surface area contributed by atoms with Crippen LogP contribution in [0.2, 0.25) is 0 Å². The molecule has 0 aliphatic heterocycles. The van der Waals surface area contributed by atoms with Crippen LogP contribution < -0.4 is 10.1 Å². The van der Waals surface area contributed by atoms with Gasteiger partial charge in [-0.05, 0) is 12.1 Å². The van der Waals surface area contributed by atoms with Crippen LogP contribution in [0, 0.1) is 0 Å². The lowest BCUT2D eigenvalue weighted by Crippen LogP contribution is -2.15. The zero-order valence-electron chi connectivity index (χ0n) is 17.2. The van der Waals surface area contributed by atoms with Crippen molar-refractivity contribution in [3.63, 3.8) is 0 Å². The van der Waals surface area contributed by atoms with E-state index >= 15 is 0 Å². The van der Waals surface area contributed by atoms with Crippen molar-refractivity contribution in [2.45, 2.75) is 13.0 Å². The van der Waals surface area contributed by atoms with Gasteiger partial charge in [0.25, 0.3) is 0 Å². The highest BCUT2D eigenvalue weighted by molar-refractivity contribution is 7.09. The molecule has 0 bridgehead atoms. The maximum Gasteiger partial charge on any atom is 0.342 e. The molecule has 0 atom stereocenters. The smallest absolute Gasteiger partial charge is 0.342 e. The van der Waals surface area contributed by atoms with Crippen molar-refractivity contribution in [3.8, 4) is 17.0 Å². The summed E-state index contributed by atoms with van der Waals surface area (Å²) in [6, 6.07) is 16.6. The Kier molecular flexibility index (Phi) is 6.57. The molecule has 1 amide bonds. The third kappa shape index (κ3) is 5.01. The molecule has 0 saturated heterocycles. The molecule has 0 fully saturated rings. The molecule has 4 aromatic rings. The molecule has 0 aliphatic rings. The number of hydrogen-bond acceptors (Lipinski definition) is 7. The summed E-state index contributed by atoms with van der Waals surface area (Å²) in [5.74, 6) is -0.124. The van der Waals surface area contributed by atoms with E-state index in [0.717, 1.165) is 5.56 Å². The van der Waals surface area contributed by atoms with Crippen LogP contribution in [0.15, 0.2) is 66.2 Å². The van der Waals surface area contributed by atoms with Gasteiger partial charge in [0.2, 0.25) is 5.91 Å². The number of anilines is 1. The summed E-state index contributed by atoms with van der Waals surface area (Å²) in [5.41, 5.74) is 2.97. The van der Waals surface area contributed by atoms with Crippen LogP contribution in [0.25, 0.3) is 11.3 Å². The largest absolute Gasteiger partial charge is 0.495 e. The van der Waals surface area contributed by atoms with Gasteiger partial charge in [-0.15, -0.1) is 11.3 Å². The molecular weight excluding hydrogens is 428 g/mol. The average Bonchev–Trinajstić information content (AvgIpc) is 3.48. The number of carbonyl (C=O) groups is 2. The number of carbonyl (C=O) groups excluding carboxylic acids is 2. The summed E-state index contributed by atoms with van der Waals surface area (Å²) in [6.45, 7) is 0.00285. The Balaban J connectivity index is 1.34. The molecule has 2 N–H and O–H groups in total. The van der Waals surface area contributed by atoms with Crippen LogP contribution in [0.1, 0.15) is 21.1 Å². The molecule has 32 heavy (non-hydrogen) atoms. The minimum Gasteiger partial charge on any atom is -0.495 e. The van der Waals surface area contributed by atoms with Crippen LogP contribution in [0.4, 0.5) is 5.69 Å². The molecule has 162 valence electrons. The van der Waals surface area contributed by atoms with E-state index in [1.165, 1.54) is 17.5 Å². The number of H-pyrrole nitrogens is 1. The quantitative estimate of drug-likeness (QED) is 0.394. The van der Waals surface area contributed by atoms with E-state index in [9.17, 15) is 9.59 Å². The molecule has 2 aromatic carbocycles. The summed E-state index contributed by atoms with van der Waals surface area (Å²) >= 11 is 1.33. The predicted molar refractivity (Wildman–Crippen MR) is 121 cm³/mol. The number of para-hydroxylation sites is 2. The molecule has 2 heterocycles. The SMILES string of the molecule is COc1ccccc1NC(=O)Cc1nc(COC(=O)c2cn[nH]c2-c2ccccc2)cs1. The van der Waals surface area contributed by atoms with Crippen molar-refractivity contribution in [3.05, 3.63) is 82.4 Å². The van der Waals surface area contributed by atoms with Gasteiger partial charge in [-0.2, -0.15) is 5.10 Å². The van der Waals surface area contributed by atoms with E-state index < -0.39 is 5.97 Å². The number of hydrogen-bond donors (Lipinski definition) is 2. The lowest BCUT2D eigenvalue weighted by molar-refractivity contribution is -0.115. The minimum absolute atomic E-state index is 0.00285. The summed E-state index contributed by atoms with van der Waals surface area (Å²) in [6.07, 6.45) is 1.55. The molecule has 0 spiro atoms. The van der Waals surface area contributed by atoms with E-state index in [0.29, 0.717) is 33.4 Å². The van der Waals surface area contributed by atoms with Gasteiger partial charge in [-0.3, -0.25) is 9.89 Å². The third-order valence-electron chi connectivity index (χ3n) is 4.57. The highest BCUT2D eigenvalue weighted by Crippen LogP contribution is 2.24. The number of rotatable bonds is 8. The first-order valence-corrected chi connectivity index (χ1v) is 10.6. The van der Waals surface area contributed by atoms with Crippen LogP contribution in [0.5, 0.6) is 5.75 Å². The summed E-state index contributed by atoms with van der Waals surface area (Å²) in [7, 11) is 1.55. The lowest BCUT2D eigenvalue weighted by atomic mass is 10.1. The second kappa shape index (κ2) is 9.88. The summed E-state index contributed by atoms with van der Waals surface area (Å²) in [5, 5.41) is 12.0. The highest BCUT2D eigenvalue weighted by Gasteiger charge is 2.17. The van der Waals surface area contributed by atoms with Crippen LogP contribution in [0.3, 0.4) is 0 Å². The van der Waals surface area contributed by atoms with Crippen molar-refractivity contribution in [2.75, 3.05) is 12.4 Å². The first-order valence-electron chi connectivity index (χ1n) is 9.76. The number of esters is 1. The number of nitrogens with one attached hydrogen (secondary N) is 2. The molecule has 0 radical (unpaired) electrons. The van der Waals surface area contributed by atoms with Crippen LogP contribution in [-0.2, 0) is 22.6 Å². The molecule has 8 nitrogen and oxygen atoms in total. The van der Waals surface area contributed by atoms with Gasteiger partial charge in [-0.25, -0.2) is 9.78 Å². The van der Waals surface area contributed by atoms with Crippen molar-refractivity contribution < 1.29 is 19.1 Å². The molecule has 9 heteroatoms. The molecular formula is C23H20N4O4S. The molecule has 0 aliphatic carbocycles. The number of methoxy groups -OCH3 is 1. The number of benzene rings is 2. The Labute approximate surface area is 188 Å². The third-order valence-corrected chi connectivity index (χ3v) is 5.46. The fourth-order valence-corrected chi connectivity index (χ4v) is 3.84. The van der Waals surface area contributed by atoms with Gasteiger partial charge in [0.05, 0.1) is 36.8 Å². The lowest BCUT2D eigenvalue weighted by Gasteiger charge is -2.08. The van der Waals surface area contributed by atoms with Crippen molar-refractivity contribution in [1.29, 1.82) is 0 Å². The molecule has 2 aromatic heterocycles. The normalized spacial score (nSPS) is 10.5. The van der Waals surface area contributed by atoms with Gasteiger partial charge in [0.15, 0.2) is 0 Å². The number of amides is 1. The maximum atomic E-state index is 12.5. The number of aromatic nitrogens is 3. The maximum absolute atomic E-state index is 12.5. The predicted octanol–water partition coefficient (Wildman–Crippen LogP) is 4.08. The van der Waals surface area contributed by atoms with Gasteiger partial charge in [0.1, 0.15) is 22.9 Å². The first kappa shape index (κ1) is 21.3. The number of aromatic amines is 1. The first-order chi connectivity index (χ1) is 15.6. The zero-order chi connectivity index (χ0) is 22.3. The highest BCUT2D eigenvalue weighted by atomic mass is 32.1. The van der Waals surface area contributed by atoms with Crippen molar-refractivity contribution in [2.24, 2.45) is 0 Å². The average molecular weight is 449 g/mol. The van der Waals surface area contributed by atoms with E-state index in [2.05, 4.69) is 20.5 Å². The fraction of sp³-hybridized carbons (Fsp3) is 0.130. The Bertz CT molecular complexity index is 1220. The summed E-state index contributed by atoms with van der Waals surface area (Å²) in [4.78, 5) is 29.3. The second-order valence-electron chi connectivity index (χ2n) is 6.76. The Morgan fingerprint density at radius 1 is 1.09 bits per heavy atom. The number of nitrogens with zero attached hydrogens (tertiary/aromatic N) is 2. The van der Waals surface area contributed by atoms with Crippen molar-refractivity contribution in [1.82, 2.24) is 15.2 Å². The minimum atomic E-state index is -0.499. The topological polar surface area (TPSA) is 106 Å². The van der Waals surface area contributed by atoms with Gasteiger partial charge < -0.3 is 14.8 Å². The summed E-state index contributed by atoms with van der Waals surface area (Å²) < 4.78 is 10.6. The van der Waals surface area contributed by atoms with E-state index in [4.69, 9.17) is 9.47 Å². The molecule has 0 saturated carbocycles. The Morgan fingerprint density at radius 3 is 2.69 bits per heavy atom. The number of thiazole rings is 1. The van der Waals surface area contributed by atoms with E-state index in [1.54, 1.807) is 24.6 Å². The number of ether oxygens (including phenoxy) is 2. The van der Waals surface area contributed by atoms with Crippen LogP contribution >= 0.6 is 11.3 Å². The van der Waals surface area contributed by atoms with E-state index in [1.807, 2.05) is 42.5 Å². The molecule has 0 unspecified atom stereocenters. The molecule has 4 rings (SSSR count). The van der Waals surface area contributed by atoms with Gasteiger partial charge in [-0.1, -0.05) is 42.5 Å². The standard InChI is InChI=1S/C23H20N4O4S/c1-30-19-10-6-5-9-18(19)26-20(28)11-21-25-16(14-32-21)13-31-23(29)17-12-24-27-22(17)15-7-3-2-4-8-15/h2-10,12,14H,11,13H2,1H3,(H,24,27)(H,26,28). The van der Waals surface area contributed by atoms with Gasteiger partial charge >= 0.3 is 5.97 Å².